The average Bonchev–Trinajstić information content (AvgIpc) is 4.26. The van der Waals surface area contributed by atoms with Crippen LogP contribution >= 0.6 is 0 Å². The molecule has 3 aliphatic heterocycles. The molecule has 4 heterocycles. The molecule has 2 unspecified atom stereocenters. The third-order valence-electron chi connectivity index (χ3n) is 15.6. The lowest BCUT2D eigenvalue weighted by molar-refractivity contribution is -0.142. The molecule has 4 aliphatic carbocycles. The number of hydrogen-bond donors (Lipinski definition) is 3. The maximum atomic E-state index is 15.2. The maximum absolute atomic E-state index is 15.2. The van der Waals surface area contributed by atoms with Gasteiger partial charge in [0, 0.05) is 36.7 Å². The van der Waals surface area contributed by atoms with E-state index < -0.39 is 73.8 Å². The van der Waals surface area contributed by atoms with E-state index in [1.165, 1.54) is 11.0 Å². The SMILES string of the molecule is C=CC1CC1(NC(=O)[C@@H]1C[C@@H]2CN1C(=O)[C@@H](C1CCCCC1)NC(=O)O[C@H]1C[C@H]1CCCCCc1c(nc3c(OC)cccc3c1OCC1CN(C(=O)OC(C)(C)C)C1)O2)C(=O)NS(=O)(=O)C1(C)CC1. The highest BCUT2D eigenvalue weighted by molar-refractivity contribution is 7.91. The van der Waals surface area contributed by atoms with Gasteiger partial charge in [-0.1, -0.05) is 44.2 Å². The van der Waals surface area contributed by atoms with Crippen LogP contribution in [0.1, 0.15) is 123 Å². The number of nitrogens with zero attached hydrogens (tertiary/aromatic N) is 3. The molecule has 7 atom stereocenters. The Morgan fingerprint density at radius 2 is 1.70 bits per heavy atom. The molecule has 6 fully saturated rings. The van der Waals surface area contributed by atoms with Crippen molar-refractivity contribution in [3.8, 4) is 17.4 Å². The number of benzene rings is 1. The molecule has 1 aromatic carbocycles. The van der Waals surface area contributed by atoms with E-state index in [2.05, 4.69) is 21.9 Å². The number of hydrogen-bond acceptors (Lipinski definition) is 13. The molecule has 9 rings (SSSR count). The standard InChI is InChI=1S/C51H70N6O12S/c1-7-33-25-51(33,46(60)55-70(63,64)50(5)21-22-50)54-43(58)37-24-34-28-57(37)45(59)40(31-15-10-8-11-16-31)53-47(61)68-39-23-32(39)17-12-9-13-18-36-42(35-19-14-20-38(65-6)41(35)52-44(36)67-34)66-29-30-26-56(27-30)48(62)69-49(2,3)4/h7,14,19-20,30-34,37,39-40H,1,8-13,15-18,21-29H2,2-6H3,(H,53,61)(H,54,58)(H,55,60)/t32-,33?,34-,37+,39+,40-,51?/m1/s1. The second kappa shape index (κ2) is 19.4. The second-order valence-corrected chi connectivity index (χ2v) is 24.3. The molecule has 0 spiro atoms. The quantitative estimate of drug-likeness (QED) is 0.218. The molecule has 7 aliphatic rings. The largest absolute Gasteiger partial charge is 0.494 e. The Morgan fingerprint density at radius 3 is 2.37 bits per heavy atom. The monoisotopic (exact) mass is 990 g/mol. The summed E-state index contributed by atoms with van der Waals surface area (Å²) in [5.74, 6) is -1.18. The van der Waals surface area contributed by atoms with Crippen LogP contribution in [0.3, 0.4) is 0 Å². The molecule has 4 saturated carbocycles. The summed E-state index contributed by atoms with van der Waals surface area (Å²) in [7, 11) is -2.48. The summed E-state index contributed by atoms with van der Waals surface area (Å²) in [6, 6.07) is 3.42. The third-order valence-corrected chi connectivity index (χ3v) is 17.7. The Kier molecular flexibility index (Phi) is 13.7. The van der Waals surface area contributed by atoms with Gasteiger partial charge in [0.1, 0.15) is 52.4 Å². The summed E-state index contributed by atoms with van der Waals surface area (Å²) in [6.45, 7) is 12.1. The van der Waals surface area contributed by atoms with Crippen LogP contribution in [-0.4, -0.2) is 127 Å². The number of aromatic nitrogens is 1. The predicted octanol–water partition coefficient (Wildman–Crippen LogP) is 6.08. The number of fused-ring (bicyclic) bond motifs is 5. The van der Waals surface area contributed by atoms with Gasteiger partial charge in [0.05, 0.1) is 30.6 Å². The van der Waals surface area contributed by atoms with Crippen molar-refractivity contribution < 1.29 is 56.1 Å². The summed E-state index contributed by atoms with van der Waals surface area (Å²) in [5, 5.41) is 6.56. The highest BCUT2D eigenvalue weighted by atomic mass is 32.2. The van der Waals surface area contributed by atoms with E-state index in [-0.39, 0.29) is 55.2 Å². The molecule has 2 saturated heterocycles. The Balaban J connectivity index is 1.05. The number of carbonyl (C=O) groups is 5. The van der Waals surface area contributed by atoms with Crippen LogP contribution in [0.15, 0.2) is 30.9 Å². The van der Waals surface area contributed by atoms with Gasteiger partial charge in [-0.05, 0) is 109 Å². The topological polar surface area (TPSA) is 221 Å². The number of ether oxygens (including phenoxy) is 5. The lowest BCUT2D eigenvalue weighted by Gasteiger charge is -2.39. The van der Waals surface area contributed by atoms with Gasteiger partial charge >= 0.3 is 12.2 Å². The molecule has 2 aromatic rings. The van der Waals surface area contributed by atoms with Gasteiger partial charge < -0.3 is 44.1 Å². The highest BCUT2D eigenvalue weighted by Crippen LogP contribution is 2.48. The number of sulfonamides is 1. The number of likely N-dealkylation sites (tertiary alicyclic amines) is 1. The molecular formula is C51H70N6O12S. The van der Waals surface area contributed by atoms with Gasteiger partial charge in [0.15, 0.2) is 0 Å². The minimum absolute atomic E-state index is 0.0141. The van der Waals surface area contributed by atoms with E-state index in [1.54, 1.807) is 25.0 Å². The smallest absolute Gasteiger partial charge is 0.410 e. The number of amides is 5. The zero-order valence-corrected chi connectivity index (χ0v) is 42.0. The van der Waals surface area contributed by atoms with E-state index >= 15 is 4.79 Å². The van der Waals surface area contributed by atoms with Gasteiger partial charge in [0.25, 0.3) is 5.91 Å². The first-order valence-electron chi connectivity index (χ1n) is 25.4. The van der Waals surface area contributed by atoms with Crippen LogP contribution in [0.5, 0.6) is 17.4 Å². The molecule has 2 bridgehead atoms. The van der Waals surface area contributed by atoms with Crippen molar-refractivity contribution in [1.82, 2.24) is 30.1 Å². The summed E-state index contributed by atoms with van der Waals surface area (Å²) < 4.78 is 58.8. The summed E-state index contributed by atoms with van der Waals surface area (Å²) in [5.41, 5.74) is -1.00. The summed E-state index contributed by atoms with van der Waals surface area (Å²) in [6.07, 6.45) is 9.18. The Bertz CT molecular complexity index is 2500. The normalized spacial score (nSPS) is 29.3. The first kappa shape index (κ1) is 49.6. The molecule has 3 N–H and O–H groups in total. The molecule has 382 valence electrons. The molecule has 5 amide bonds. The van der Waals surface area contributed by atoms with E-state index in [0.717, 1.165) is 62.3 Å². The minimum atomic E-state index is -4.05. The number of rotatable bonds is 11. The number of carbonyl (C=O) groups excluding carboxylic acids is 5. The molecule has 0 radical (unpaired) electrons. The average molecular weight is 991 g/mol. The lowest BCUT2D eigenvalue weighted by Crippen LogP contribution is -2.59. The van der Waals surface area contributed by atoms with E-state index in [9.17, 15) is 27.6 Å². The van der Waals surface area contributed by atoms with Crippen LogP contribution in [0.25, 0.3) is 10.9 Å². The molecule has 1 aromatic heterocycles. The Morgan fingerprint density at radius 1 is 0.986 bits per heavy atom. The van der Waals surface area contributed by atoms with Crippen LogP contribution < -0.4 is 29.6 Å². The molecule has 70 heavy (non-hydrogen) atoms. The van der Waals surface area contributed by atoms with E-state index in [1.807, 2.05) is 32.9 Å². The number of pyridine rings is 1. The van der Waals surface area contributed by atoms with Crippen molar-refractivity contribution in [3.05, 3.63) is 36.4 Å². The molecule has 19 heteroatoms. The van der Waals surface area contributed by atoms with Crippen LogP contribution in [0, 0.1) is 23.7 Å². The van der Waals surface area contributed by atoms with Crippen molar-refractivity contribution in [2.24, 2.45) is 23.7 Å². The highest BCUT2D eigenvalue weighted by Gasteiger charge is 2.63. The van der Waals surface area contributed by atoms with Gasteiger partial charge in [-0.2, -0.15) is 0 Å². The third kappa shape index (κ3) is 10.4. The predicted molar refractivity (Wildman–Crippen MR) is 258 cm³/mol. The maximum Gasteiger partial charge on any atom is 0.410 e. The van der Waals surface area contributed by atoms with Crippen molar-refractivity contribution in [1.29, 1.82) is 0 Å². The van der Waals surface area contributed by atoms with Crippen molar-refractivity contribution in [3.63, 3.8) is 0 Å². The number of methoxy groups -OCH3 is 1. The minimum Gasteiger partial charge on any atom is -0.494 e. The zero-order valence-electron chi connectivity index (χ0n) is 41.2. The number of nitrogens with one attached hydrogen (secondary N) is 3. The first-order chi connectivity index (χ1) is 33.3. The number of para-hydroxylation sites is 1. The fraction of sp³-hybridized carbons (Fsp3) is 0.686. The van der Waals surface area contributed by atoms with Crippen molar-refractivity contribution in [2.45, 2.75) is 164 Å². The summed E-state index contributed by atoms with van der Waals surface area (Å²) >= 11 is 0. The van der Waals surface area contributed by atoms with Gasteiger partial charge in [-0.25, -0.2) is 23.0 Å². The molecular weight excluding hydrogens is 921 g/mol. The number of alkyl carbamates (subject to hydrolysis) is 1. The van der Waals surface area contributed by atoms with Gasteiger partial charge in [-0.15, -0.1) is 6.58 Å². The zero-order chi connectivity index (χ0) is 49.8. The van der Waals surface area contributed by atoms with Crippen LogP contribution in [-0.2, 0) is 40.3 Å². The lowest BCUT2D eigenvalue weighted by atomic mass is 9.83. The second-order valence-electron chi connectivity index (χ2n) is 22.1. The molecule has 18 nitrogen and oxygen atoms in total. The fourth-order valence-corrected chi connectivity index (χ4v) is 12.1. The first-order valence-corrected chi connectivity index (χ1v) is 26.9. The van der Waals surface area contributed by atoms with E-state index in [0.29, 0.717) is 68.8 Å². The Labute approximate surface area is 410 Å². The van der Waals surface area contributed by atoms with Gasteiger partial charge in [0.2, 0.25) is 27.7 Å². The van der Waals surface area contributed by atoms with Crippen LogP contribution in [0.4, 0.5) is 9.59 Å². The van der Waals surface area contributed by atoms with Crippen molar-refractivity contribution in [2.75, 3.05) is 33.4 Å². The Hall–Kier alpha value is -5.33. The fourth-order valence-electron chi connectivity index (χ4n) is 10.8. The van der Waals surface area contributed by atoms with Crippen LogP contribution in [0.2, 0.25) is 0 Å². The summed E-state index contributed by atoms with van der Waals surface area (Å²) in [4.78, 5) is 78.7. The van der Waals surface area contributed by atoms with E-state index in [4.69, 9.17) is 28.7 Å². The van der Waals surface area contributed by atoms with Gasteiger partial charge in [-0.3, -0.25) is 19.1 Å². The van der Waals surface area contributed by atoms with Crippen molar-refractivity contribution >= 4 is 50.8 Å².